The molecule has 1 N–H and O–H groups in total. The Labute approximate surface area is 126 Å². The third-order valence-electron chi connectivity index (χ3n) is 2.91. The molecule has 2 aromatic heterocycles. The first-order chi connectivity index (χ1) is 9.47. The molecule has 0 aromatic carbocycles. The SMILES string of the molecule is CC(Cn1cncn1)NC(=O)c1cc(Br)cn1C(C)C. The highest BCUT2D eigenvalue weighted by Gasteiger charge is 2.17. The fourth-order valence-electron chi connectivity index (χ4n) is 2.01. The van der Waals surface area contributed by atoms with Gasteiger partial charge in [0.05, 0.1) is 6.54 Å². The van der Waals surface area contributed by atoms with Crippen molar-refractivity contribution in [3.05, 3.63) is 35.1 Å². The summed E-state index contributed by atoms with van der Waals surface area (Å²) in [5, 5.41) is 7.00. The summed E-state index contributed by atoms with van der Waals surface area (Å²) < 4.78 is 4.55. The Morgan fingerprint density at radius 1 is 1.45 bits per heavy atom. The van der Waals surface area contributed by atoms with Crippen molar-refractivity contribution in [3.63, 3.8) is 0 Å². The quantitative estimate of drug-likeness (QED) is 0.908. The van der Waals surface area contributed by atoms with E-state index < -0.39 is 0 Å². The van der Waals surface area contributed by atoms with E-state index in [1.807, 2.05) is 37.6 Å². The van der Waals surface area contributed by atoms with Gasteiger partial charge in [-0.05, 0) is 42.8 Å². The Kier molecular flexibility index (Phi) is 4.59. The zero-order valence-electron chi connectivity index (χ0n) is 11.7. The molecule has 20 heavy (non-hydrogen) atoms. The summed E-state index contributed by atoms with van der Waals surface area (Å²) in [6.07, 6.45) is 5.04. The van der Waals surface area contributed by atoms with E-state index in [2.05, 4.69) is 31.3 Å². The molecule has 1 amide bonds. The Morgan fingerprint density at radius 3 is 2.80 bits per heavy atom. The van der Waals surface area contributed by atoms with Crippen molar-refractivity contribution in [2.24, 2.45) is 0 Å². The summed E-state index contributed by atoms with van der Waals surface area (Å²) in [5.74, 6) is -0.0861. The Balaban J connectivity index is 2.04. The van der Waals surface area contributed by atoms with Crippen LogP contribution in [0.1, 0.15) is 37.3 Å². The van der Waals surface area contributed by atoms with Crippen molar-refractivity contribution >= 4 is 21.8 Å². The number of carbonyl (C=O) groups excluding carboxylic acids is 1. The van der Waals surface area contributed by atoms with Crippen molar-refractivity contribution in [1.82, 2.24) is 24.6 Å². The van der Waals surface area contributed by atoms with Crippen LogP contribution in [0, 0.1) is 0 Å². The fraction of sp³-hybridized carbons (Fsp3) is 0.462. The highest BCUT2D eigenvalue weighted by atomic mass is 79.9. The predicted octanol–water partition coefficient (Wildman–Crippen LogP) is 2.24. The molecule has 2 aromatic rings. The standard InChI is InChI=1S/C13H18BrN5O/c1-9(2)19-6-11(14)4-12(19)13(20)17-10(3)5-18-8-15-7-16-18/h4,6-10H,5H2,1-3H3,(H,17,20). The summed E-state index contributed by atoms with van der Waals surface area (Å²) in [7, 11) is 0. The van der Waals surface area contributed by atoms with Gasteiger partial charge in [-0.25, -0.2) is 4.98 Å². The van der Waals surface area contributed by atoms with Crippen molar-refractivity contribution < 1.29 is 4.79 Å². The van der Waals surface area contributed by atoms with Gasteiger partial charge in [-0.3, -0.25) is 9.48 Å². The van der Waals surface area contributed by atoms with E-state index in [9.17, 15) is 4.79 Å². The van der Waals surface area contributed by atoms with Crippen LogP contribution < -0.4 is 5.32 Å². The largest absolute Gasteiger partial charge is 0.346 e. The second-order valence-electron chi connectivity index (χ2n) is 5.04. The van der Waals surface area contributed by atoms with Gasteiger partial charge in [0.2, 0.25) is 0 Å². The molecule has 7 heteroatoms. The molecule has 0 saturated heterocycles. The molecule has 0 aliphatic heterocycles. The predicted molar refractivity (Wildman–Crippen MR) is 79.5 cm³/mol. The van der Waals surface area contributed by atoms with Crippen LogP contribution in [-0.2, 0) is 6.54 Å². The topological polar surface area (TPSA) is 64.7 Å². The normalized spacial score (nSPS) is 12.7. The van der Waals surface area contributed by atoms with Crippen LogP contribution in [0.5, 0.6) is 0 Å². The van der Waals surface area contributed by atoms with Crippen molar-refractivity contribution in [3.8, 4) is 0 Å². The lowest BCUT2D eigenvalue weighted by atomic mass is 10.3. The van der Waals surface area contributed by atoms with Crippen molar-refractivity contribution in [2.45, 2.75) is 39.4 Å². The van der Waals surface area contributed by atoms with Gasteiger partial charge in [-0.1, -0.05) is 0 Å². The second kappa shape index (κ2) is 6.21. The summed E-state index contributed by atoms with van der Waals surface area (Å²) in [4.78, 5) is 16.2. The van der Waals surface area contributed by atoms with Crippen LogP contribution in [0.3, 0.4) is 0 Å². The molecule has 0 saturated carbocycles. The summed E-state index contributed by atoms with van der Waals surface area (Å²) in [6.45, 7) is 6.62. The van der Waals surface area contributed by atoms with Crippen LogP contribution in [0.2, 0.25) is 0 Å². The molecule has 1 atom stereocenters. The van der Waals surface area contributed by atoms with E-state index in [0.29, 0.717) is 12.2 Å². The van der Waals surface area contributed by atoms with E-state index in [1.165, 1.54) is 6.33 Å². The lowest BCUT2D eigenvalue weighted by molar-refractivity contribution is 0.0925. The first kappa shape index (κ1) is 14.8. The number of hydrogen-bond acceptors (Lipinski definition) is 3. The average molecular weight is 340 g/mol. The maximum absolute atomic E-state index is 12.3. The molecule has 2 heterocycles. The zero-order valence-corrected chi connectivity index (χ0v) is 13.3. The molecular weight excluding hydrogens is 322 g/mol. The van der Waals surface area contributed by atoms with Crippen LogP contribution in [0.15, 0.2) is 29.4 Å². The van der Waals surface area contributed by atoms with Gasteiger partial charge in [0.15, 0.2) is 0 Å². The summed E-state index contributed by atoms with van der Waals surface area (Å²) in [5.41, 5.74) is 0.650. The van der Waals surface area contributed by atoms with E-state index in [-0.39, 0.29) is 18.0 Å². The number of amides is 1. The Morgan fingerprint density at radius 2 is 2.20 bits per heavy atom. The van der Waals surface area contributed by atoms with Gasteiger partial charge in [0, 0.05) is 22.8 Å². The summed E-state index contributed by atoms with van der Waals surface area (Å²) in [6, 6.07) is 2.03. The smallest absolute Gasteiger partial charge is 0.268 e. The third kappa shape index (κ3) is 3.47. The highest BCUT2D eigenvalue weighted by molar-refractivity contribution is 9.10. The van der Waals surface area contributed by atoms with E-state index in [4.69, 9.17) is 0 Å². The van der Waals surface area contributed by atoms with Gasteiger partial charge in [-0.2, -0.15) is 5.10 Å². The highest BCUT2D eigenvalue weighted by Crippen LogP contribution is 2.19. The molecule has 2 rings (SSSR count). The van der Waals surface area contributed by atoms with Gasteiger partial charge in [0.25, 0.3) is 5.91 Å². The van der Waals surface area contributed by atoms with E-state index in [0.717, 1.165) is 4.47 Å². The molecule has 0 radical (unpaired) electrons. The number of nitrogens with zero attached hydrogens (tertiary/aromatic N) is 4. The maximum atomic E-state index is 12.3. The molecular formula is C13H18BrN5O. The Hall–Kier alpha value is -1.63. The number of nitrogens with one attached hydrogen (secondary N) is 1. The Bertz CT molecular complexity index is 576. The van der Waals surface area contributed by atoms with E-state index in [1.54, 1.807) is 11.0 Å². The van der Waals surface area contributed by atoms with Crippen molar-refractivity contribution in [2.75, 3.05) is 0 Å². The van der Waals surface area contributed by atoms with Crippen LogP contribution in [-0.4, -0.2) is 31.3 Å². The van der Waals surface area contributed by atoms with Gasteiger partial charge >= 0.3 is 0 Å². The van der Waals surface area contributed by atoms with Gasteiger partial charge in [0.1, 0.15) is 18.3 Å². The average Bonchev–Trinajstić information content (AvgIpc) is 2.97. The first-order valence-electron chi connectivity index (χ1n) is 6.48. The zero-order chi connectivity index (χ0) is 14.7. The van der Waals surface area contributed by atoms with Crippen LogP contribution in [0.4, 0.5) is 0 Å². The monoisotopic (exact) mass is 339 g/mol. The number of aromatic nitrogens is 4. The molecule has 0 spiro atoms. The minimum absolute atomic E-state index is 0.0292. The number of halogens is 1. The molecule has 6 nitrogen and oxygen atoms in total. The minimum Gasteiger partial charge on any atom is -0.346 e. The maximum Gasteiger partial charge on any atom is 0.268 e. The fourth-order valence-corrected chi connectivity index (χ4v) is 2.44. The third-order valence-corrected chi connectivity index (χ3v) is 3.34. The molecule has 1 unspecified atom stereocenters. The lowest BCUT2D eigenvalue weighted by Crippen LogP contribution is -2.37. The van der Waals surface area contributed by atoms with Crippen molar-refractivity contribution in [1.29, 1.82) is 0 Å². The summed E-state index contributed by atoms with van der Waals surface area (Å²) >= 11 is 3.41. The second-order valence-corrected chi connectivity index (χ2v) is 5.95. The molecule has 0 aliphatic carbocycles. The minimum atomic E-state index is -0.0861. The first-order valence-corrected chi connectivity index (χ1v) is 7.27. The number of carbonyl (C=O) groups is 1. The van der Waals surface area contributed by atoms with E-state index >= 15 is 0 Å². The number of hydrogen-bond donors (Lipinski definition) is 1. The van der Waals surface area contributed by atoms with Crippen LogP contribution in [0.25, 0.3) is 0 Å². The lowest BCUT2D eigenvalue weighted by Gasteiger charge is -2.16. The molecule has 0 aliphatic rings. The molecule has 0 bridgehead atoms. The molecule has 108 valence electrons. The van der Waals surface area contributed by atoms with Crippen LogP contribution >= 0.6 is 15.9 Å². The molecule has 0 fully saturated rings. The van der Waals surface area contributed by atoms with Gasteiger partial charge in [-0.15, -0.1) is 0 Å². The van der Waals surface area contributed by atoms with Gasteiger partial charge < -0.3 is 9.88 Å². The number of rotatable bonds is 5.